The normalized spacial score (nSPS) is 0. The fourth-order valence-corrected chi connectivity index (χ4v) is 0. The van der Waals surface area contributed by atoms with E-state index in [1.165, 1.54) is 0 Å². The van der Waals surface area contributed by atoms with E-state index in [0.29, 0.717) is 0 Å². The van der Waals surface area contributed by atoms with E-state index in [0.717, 1.165) is 0 Å². The predicted octanol–water partition coefficient (Wildman–Crippen LogP) is -4.23. The van der Waals surface area contributed by atoms with Crippen LogP contribution in [0.1, 0.15) is 4.28 Å². The number of hydrogen-bond donors (Lipinski definition) is 0. The minimum Gasteiger partial charge on any atom is -1.00 e. The third kappa shape index (κ3) is 9.21. The summed E-state index contributed by atoms with van der Waals surface area (Å²) in [6, 6.07) is 0. The second-order valence-electron chi connectivity index (χ2n) is 0. The Morgan fingerprint density at radius 3 is 1.25 bits per heavy atom. The van der Waals surface area contributed by atoms with Gasteiger partial charge in [-0.3, -0.25) is 0 Å². The summed E-state index contributed by atoms with van der Waals surface area (Å²) in [5.41, 5.74) is 0. The molecule has 4 heteroatoms. The standard InChI is InChI=1S/Al.Na.Sr.Ti.6H/q;+1;+2;;;;;3*-1. The zero-order valence-electron chi connectivity index (χ0n) is 5.21. The van der Waals surface area contributed by atoms with Gasteiger partial charge < -0.3 is 4.28 Å². The molecule has 0 aliphatic carbocycles. The molecule has 0 unspecified atom stereocenters. The SMILES string of the molecule is [AlH3].[H-].[H-].[H-].[Na+].[Sr+2].[Ti]. The Kier molecular flexibility index (Phi) is 100.0. The van der Waals surface area contributed by atoms with Crippen molar-refractivity contribution in [2.24, 2.45) is 0 Å². The van der Waals surface area contributed by atoms with Crippen LogP contribution in [0.5, 0.6) is 0 Å². The number of hydrogen-bond acceptors (Lipinski definition) is 0. The van der Waals surface area contributed by atoms with Crippen LogP contribution in [0.3, 0.4) is 0 Å². The molecule has 0 N–H and O–H groups in total. The van der Waals surface area contributed by atoms with E-state index in [-0.39, 0.29) is 118 Å². The Morgan fingerprint density at radius 2 is 1.25 bits per heavy atom. The van der Waals surface area contributed by atoms with E-state index in [2.05, 4.69) is 0 Å². The minimum atomic E-state index is 0. The summed E-state index contributed by atoms with van der Waals surface area (Å²) in [5.74, 6) is 0. The van der Waals surface area contributed by atoms with E-state index >= 15 is 0 Å². The Hall–Kier alpha value is 3.73. The van der Waals surface area contributed by atoms with Crippen LogP contribution in [-0.4, -0.2) is 62.8 Å². The van der Waals surface area contributed by atoms with E-state index in [1.54, 1.807) is 0 Å². The molecule has 4 heavy (non-hydrogen) atoms. The minimum absolute atomic E-state index is 0. The van der Waals surface area contributed by atoms with Gasteiger partial charge >= 0.3 is 75.0 Å². The van der Waals surface area contributed by atoms with Gasteiger partial charge in [0.25, 0.3) is 0 Å². The van der Waals surface area contributed by atoms with Crippen molar-refractivity contribution in [1.82, 2.24) is 0 Å². The maximum absolute atomic E-state index is 0. The first-order valence-corrected chi connectivity index (χ1v) is 0. The molecule has 0 aliphatic rings. The first-order valence-electron chi connectivity index (χ1n) is 0. The quantitative estimate of drug-likeness (QED) is 0.341. The van der Waals surface area contributed by atoms with Gasteiger partial charge in [0.15, 0.2) is 17.4 Å². The molecular weight excluding hydrogens is 185 g/mol. The van der Waals surface area contributed by atoms with Gasteiger partial charge in [-0.05, 0) is 0 Å². The zero-order chi connectivity index (χ0) is 0. The first-order chi connectivity index (χ1) is 0. The second-order valence-corrected chi connectivity index (χ2v) is 0. The van der Waals surface area contributed by atoms with E-state index in [9.17, 15) is 0 Å². The van der Waals surface area contributed by atoms with Crippen molar-refractivity contribution in [3.63, 3.8) is 0 Å². The fourth-order valence-electron chi connectivity index (χ4n) is 0. The summed E-state index contributed by atoms with van der Waals surface area (Å²) in [6.07, 6.45) is 0. The summed E-state index contributed by atoms with van der Waals surface area (Å²) >= 11 is 0. The third-order valence-electron chi connectivity index (χ3n) is 0. The van der Waals surface area contributed by atoms with Gasteiger partial charge in [0.1, 0.15) is 0 Å². The van der Waals surface area contributed by atoms with Gasteiger partial charge in [-0.15, -0.1) is 0 Å². The monoisotopic (exact) mass is 192 g/mol. The molecule has 0 aliphatic heterocycles. The van der Waals surface area contributed by atoms with Crippen molar-refractivity contribution in [2.45, 2.75) is 0 Å². The fraction of sp³-hybridized carbons (Fsp3) is 0. The van der Waals surface area contributed by atoms with Crippen LogP contribution in [0.4, 0.5) is 0 Å². The van der Waals surface area contributed by atoms with Crippen molar-refractivity contribution < 1.29 is 55.6 Å². The van der Waals surface area contributed by atoms with Crippen LogP contribution in [-0.2, 0) is 21.7 Å². The molecule has 0 aromatic heterocycles. The summed E-state index contributed by atoms with van der Waals surface area (Å²) in [5, 5.41) is 0. The van der Waals surface area contributed by atoms with Gasteiger partial charge in [0.2, 0.25) is 0 Å². The van der Waals surface area contributed by atoms with Crippen molar-refractivity contribution in [2.75, 3.05) is 0 Å². The summed E-state index contributed by atoms with van der Waals surface area (Å²) in [7, 11) is 0. The Morgan fingerprint density at radius 1 is 1.25 bits per heavy atom. The van der Waals surface area contributed by atoms with Crippen LogP contribution in [0.15, 0.2) is 0 Å². The van der Waals surface area contributed by atoms with Crippen molar-refractivity contribution in [3.8, 4) is 0 Å². The van der Waals surface area contributed by atoms with E-state index < -0.39 is 0 Å². The maximum Gasteiger partial charge on any atom is 2.00 e. The smallest absolute Gasteiger partial charge is 1.00 e. The summed E-state index contributed by atoms with van der Waals surface area (Å²) in [4.78, 5) is 0. The molecule has 0 atom stereocenters. The van der Waals surface area contributed by atoms with Crippen molar-refractivity contribution >= 4 is 62.8 Å². The van der Waals surface area contributed by atoms with Crippen LogP contribution in [0, 0.1) is 0 Å². The molecule has 0 fully saturated rings. The van der Waals surface area contributed by atoms with Crippen LogP contribution >= 0.6 is 0 Å². The topological polar surface area (TPSA) is 0 Å². The molecular formula is H6AlNaSrTi. The van der Waals surface area contributed by atoms with Gasteiger partial charge in [-0.1, -0.05) is 0 Å². The van der Waals surface area contributed by atoms with Gasteiger partial charge in [-0.25, -0.2) is 0 Å². The molecule has 0 heterocycles. The zero-order valence-corrected chi connectivity index (χ0v) is 9.24. The maximum atomic E-state index is 0. The third-order valence-corrected chi connectivity index (χ3v) is 0. The number of rotatable bonds is 0. The Labute approximate surface area is 116 Å². The largest absolute Gasteiger partial charge is 2.00 e. The van der Waals surface area contributed by atoms with Crippen LogP contribution < -0.4 is 29.6 Å². The summed E-state index contributed by atoms with van der Waals surface area (Å²) < 4.78 is 0. The molecule has 0 radical (unpaired) electrons. The molecule has 16 valence electrons. The van der Waals surface area contributed by atoms with Crippen LogP contribution in [0.2, 0.25) is 0 Å². The van der Waals surface area contributed by atoms with Gasteiger partial charge in [-0.2, -0.15) is 0 Å². The molecule has 0 amide bonds. The second kappa shape index (κ2) is 15.9. The predicted molar refractivity (Wildman–Crippen MR) is 19.0 cm³/mol. The summed E-state index contributed by atoms with van der Waals surface area (Å²) in [6.45, 7) is 0. The Bertz CT molecular complexity index is 14.9. The van der Waals surface area contributed by atoms with Crippen LogP contribution in [0.25, 0.3) is 0 Å². The average Bonchev–Trinajstić information content (AvgIpc) is 0. The molecule has 0 saturated carbocycles. The van der Waals surface area contributed by atoms with Crippen molar-refractivity contribution in [1.29, 1.82) is 0 Å². The average molecular weight is 192 g/mol. The van der Waals surface area contributed by atoms with Gasteiger partial charge in [0.05, 0.1) is 0 Å². The molecule has 0 spiro atoms. The Balaban J connectivity index is 0. The van der Waals surface area contributed by atoms with Gasteiger partial charge in [0, 0.05) is 21.7 Å². The first kappa shape index (κ1) is 25.2. The molecule has 0 rings (SSSR count). The molecule has 0 aromatic rings. The molecule has 0 saturated heterocycles. The molecule has 0 bridgehead atoms. The molecule has 0 nitrogen and oxygen atoms in total. The molecule has 0 aromatic carbocycles. The van der Waals surface area contributed by atoms with Crippen molar-refractivity contribution in [3.05, 3.63) is 0 Å². The van der Waals surface area contributed by atoms with E-state index in [1.807, 2.05) is 0 Å². The van der Waals surface area contributed by atoms with E-state index in [4.69, 9.17) is 0 Å².